The molecule has 2 N–H and O–H groups in total. The van der Waals surface area contributed by atoms with Crippen LogP contribution in [0.2, 0.25) is 0 Å². The number of Topliss-reactive ketones (excluding diaryl/α,β-unsaturated/α-hetero) is 1. The van der Waals surface area contributed by atoms with Gasteiger partial charge in [-0.15, -0.1) is 0 Å². The van der Waals surface area contributed by atoms with E-state index in [4.69, 9.17) is 9.84 Å². The number of ketones is 1. The zero-order valence-corrected chi connectivity index (χ0v) is 19.8. The van der Waals surface area contributed by atoms with Gasteiger partial charge in [0.15, 0.2) is 5.78 Å². The highest BCUT2D eigenvalue weighted by Crippen LogP contribution is 2.30. The van der Waals surface area contributed by atoms with Gasteiger partial charge in [-0.05, 0) is 12.5 Å². The zero-order chi connectivity index (χ0) is 23.0. The van der Waals surface area contributed by atoms with Gasteiger partial charge in [0.2, 0.25) is 5.88 Å². The molecule has 0 saturated heterocycles. The van der Waals surface area contributed by atoms with Crippen molar-refractivity contribution in [2.24, 2.45) is 0 Å². The minimum atomic E-state index is -1.42. The van der Waals surface area contributed by atoms with Crippen molar-refractivity contribution in [1.29, 1.82) is 0 Å². The Morgan fingerprint density at radius 1 is 0.781 bits per heavy atom. The fourth-order valence-electron chi connectivity index (χ4n) is 4.34. The van der Waals surface area contributed by atoms with Crippen LogP contribution < -0.4 is 4.74 Å². The molecule has 2 rings (SSSR count). The van der Waals surface area contributed by atoms with Crippen molar-refractivity contribution in [2.45, 2.75) is 110 Å². The lowest BCUT2D eigenvalue weighted by molar-refractivity contribution is 0.0976. The van der Waals surface area contributed by atoms with Crippen LogP contribution in [-0.4, -0.2) is 22.0 Å². The van der Waals surface area contributed by atoms with Gasteiger partial charge < -0.3 is 14.8 Å². The highest BCUT2D eigenvalue weighted by Gasteiger charge is 2.21. The van der Waals surface area contributed by atoms with E-state index in [0.29, 0.717) is 17.5 Å². The van der Waals surface area contributed by atoms with E-state index in [9.17, 15) is 9.59 Å². The van der Waals surface area contributed by atoms with Crippen LogP contribution in [0.3, 0.4) is 0 Å². The molecule has 0 spiro atoms. The average molecular weight is 444 g/mol. The maximum atomic E-state index is 12.8. The molecule has 0 aliphatic heterocycles. The van der Waals surface area contributed by atoms with E-state index in [1.807, 2.05) is 24.3 Å². The quantitative estimate of drug-likeness (QED) is 0.137. The fourth-order valence-corrected chi connectivity index (χ4v) is 4.34. The molecule has 5 nitrogen and oxygen atoms in total. The number of aromatic amines is 1. The van der Waals surface area contributed by atoms with E-state index >= 15 is 0 Å². The van der Waals surface area contributed by atoms with Gasteiger partial charge in [0.05, 0.1) is 5.56 Å². The second kappa shape index (κ2) is 15.5. The summed E-state index contributed by atoms with van der Waals surface area (Å²) in [5.74, 6) is -0.0296. The molecule has 1 aromatic heterocycles. The highest BCUT2D eigenvalue weighted by molar-refractivity contribution is 6.10. The monoisotopic (exact) mass is 443 g/mol. The molecule has 0 saturated carbocycles. The number of aromatic nitrogens is 1. The molecule has 0 amide bonds. The number of nitrogens with one attached hydrogen (secondary N) is 1. The smallest absolute Gasteiger partial charge is 0.449 e. The highest BCUT2D eigenvalue weighted by atomic mass is 16.7. The zero-order valence-electron chi connectivity index (χ0n) is 19.8. The number of carbonyl (C=O) groups is 2. The number of hydrogen-bond donors (Lipinski definition) is 2. The molecule has 0 bridgehead atoms. The lowest BCUT2D eigenvalue weighted by Crippen LogP contribution is -2.08. The summed E-state index contributed by atoms with van der Waals surface area (Å²) in [5.41, 5.74) is 1.07. The Hall–Kier alpha value is -2.30. The molecule has 5 heteroatoms. The van der Waals surface area contributed by atoms with Gasteiger partial charge in [-0.1, -0.05) is 115 Å². The SMILES string of the molecule is CCCCCCCCCCCCCCCCCC(=O)c1c(OC(=O)O)[nH]c2ccccc12. The van der Waals surface area contributed by atoms with Crippen LogP contribution >= 0.6 is 0 Å². The van der Waals surface area contributed by atoms with E-state index in [-0.39, 0.29) is 11.7 Å². The van der Waals surface area contributed by atoms with Gasteiger partial charge >= 0.3 is 6.16 Å². The van der Waals surface area contributed by atoms with Gasteiger partial charge in [0.1, 0.15) is 0 Å². The topological polar surface area (TPSA) is 79.4 Å². The lowest BCUT2D eigenvalue weighted by Gasteiger charge is -2.04. The third-order valence-electron chi connectivity index (χ3n) is 6.15. The van der Waals surface area contributed by atoms with Crippen LogP contribution in [0.5, 0.6) is 5.88 Å². The number of para-hydroxylation sites is 1. The number of carboxylic acid groups (broad SMARTS) is 1. The summed E-state index contributed by atoms with van der Waals surface area (Å²) in [6, 6.07) is 7.31. The third kappa shape index (κ3) is 9.46. The minimum Gasteiger partial charge on any atom is -0.449 e. The molecule has 178 valence electrons. The Morgan fingerprint density at radius 2 is 1.28 bits per heavy atom. The summed E-state index contributed by atoms with van der Waals surface area (Å²) in [7, 11) is 0. The van der Waals surface area contributed by atoms with Crippen LogP contribution in [0.25, 0.3) is 10.9 Å². The first-order chi connectivity index (χ1) is 15.6. The Kier molecular flexibility index (Phi) is 12.6. The predicted octanol–water partition coefficient (Wildman–Crippen LogP) is 8.67. The van der Waals surface area contributed by atoms with Crippen LogP contribution in [0.1, 0.15) is 120 Å². The first kappa shape index (κ1) is 26.0. The standard InChI is InChI=1S/C27H41NO4/c1-2-3-4-5-6-7-8-9-10-11-12-13-14-15-16-21-24(29)25-22-19-17-18-20-23(22)28-26(25)32-27(30)31/h17-20,28H,2-16,21H2,1H3,(H,30,31). The van der Waals surface area contributed by atoms with Crippen LogP contribution in [0, 0.1) is 0 Å². The number of unbranched alkanes of at least 4 members (excludes halogenated alkanes) is 14. The number of rotatable bonds is 18. The maximum Gasteiger partial charge on any atom is 0.512 e. The Balaban J connectivity index is 1.55. The van der Waals surface area contributed by atoms with Gasteiger partial charge in [0.25, 0.3) is 0 Å². The van der Waals surface area contributed by atoms with E-state index < -0.39 is 6.16 Å². The third-order valence-corrected chi connectivity index (χ3v) is 6.15. The number of ether oxygens (including phenoxy) is 1. The molecule has 0 aliphatic carbocycles. The molecule has 1 heterocycles. The largest absolute Gasteiger partial charge is 0.512 e. The summed E-state index contributed by atoms with van der Waals surface area (Å²) in [6.07, 6.45) is 18.2. The van der Waals surface area contributed by atoms with Crippen molar-refractivity contribution >= 4 is 22.8 Å². The van der Waals surface area contributed by atoms with Crippen molar-refractivity contribution in [3.05, 3.63) is 29.8 Å². The fraction of sp³-hybridized carbons (Fsp3) is 0.630. The number of hydrogen-bond acceptors (Lipinski definition) is 3. The van der Waals surface area contributed by atoms with Crippen molar-refractivity contribution in [3.8, 4) is 5.88 Å². The summed E-state index contributed by atoms with van der Waals surface area (Å²) < 4.78 is 4.82. The molecular formula is C27H41NO4. The molecule has 0 aliphatic rings. The molecule has 32 heavy (non-hydrogen) atoms. The Bertz CT molecular complexity index is 811. The maximum absolute atomic E-state index is 12.8. The molecule has 0 atom stereocenters. The summed E-state index contributed by atoms with van der Waals surface area (Å²) in [6.45, 7) is 2.26. The van der Waals surface area contributed by atoms with E-state index in [1.165, 1.54) is 77.0 Å². The summed E-state index contributed by atoms with van der Waals surface area (Å²) in [4.78, 5) is 26.6. The molecule has 0 unspecified atom stereocenters. The number of benzene rings is 1. The molecule has 0 fully saturated rings. The Labute approximate surface area is 192 Å². The van der Waals surface area contributed by atoms with Crippen molar-refractivity contribution in [2.75, 3.05) is 0 Å². The predicted molar refractivity (Wildman–Crippen MR) is 131 cm³/mol. The number of fused-ring (bicyclic) bond motifs is 1. The van der Waals surface area contributed by atoms with Gasteiger partial charge in [-0.25, -0.2) is 4.79 Å². The van der Waals surface area contributed by atoms with E-state index in [2.05, 4.69) is 11.9 Å². The van der Waals surface area contributed by atoms with E-state index in [1.54, 1.807) is 0 Å². The van der Waals surface area contributed by atoms with Gasteiger partial charge in [-0.2, -0.15) is 0 Å². The second-order valence-electron chi connectivity index (χ2n) is 8.87. The van der Waals surface area contributed by atoms with Gasteiger partial charge in [-0.3, -0.25) is 4.79 Å². The summed E-state index contributed by atoms with van der Waals surface area (Å²) >= 11 is 0. The molecule has 2 aromatic rings. The van der Waals surface area contributed by atoms with Crippen molar-refractivity contribution in [3.63, 3.8) is 0 Å². The van der Waals surface area contributed by atoms with Crippen LogP contribution in [0.4, 0.5) is 4.79 Å². The van der Waals surface area contributed by atoms with Crippen LogP contribution in [-0.2, 0) is 0 Å². The lowest BCUT2D eigenvalue weighted by atomic mass is 10.0. The van der Waals surface area contributed by atoms with Crippen molar-refractivity contribution < 1.29 is 19.4 Å². The first-order valence-electron chi connectivity index (χ1n) is 12.7. The number of H-pyrrole nitrogens is 1. The molecule has 1 aromatic carbocycles. The normalized spacial score (nSPS) is 11.2. The minimum absolute atomic E-state index is 0.0321. The first-order valence-corrected chi connectivity index (χ1v) is 12.7. The Morgan fingerprint density at radius 3 is 1.81 bits per heavy atom. The molecule has 0 radical (unpaired) electrons. The second-order valence-corrected chi connectivity index (χ2v) is 8.87. The summed E-state index contributed by atoms with van der Waals surface area (Å²) in [5, 5.41) is 9.68. The van der Waals surface area contributed by atoms with E-state index in [0.717, 1.165) is 24.6 Å². The number of carbonyl (C=O) groups excluding carboxylic acids is 1. The van der Waals surface area contributed by atoms with Crippen LogP contribution in [0.15, 0.2) is 24.3 Å². The average Bonchev–Trinajstić information content (AvgIpc) is 3.13. The molecular weight excluding hydrogens is 402 g/mol. The van der Waals surface area contributed by atoms with Crippen molar-refractivity contribution in [1.82, 2.24) is 4.98 Å². The van der Waals surface area contributed by atoms with Gasteiger partial charge in [0, 0.05) is 17.3 Å².